The van der Waals surface area contributed by atoms with Crippen molar-refractivity contribution < 1.29 is 4.79 Å². The van der Waals surface area contributed by atoms with Gasteiger partial charge in [0, 0.05) is 11.9 Å². The molecule has 104 valence electrons. The van der Waals surface area contributed by atoms with E-state index in [1.54, 1.807) is 11.8 Å². The standard InChI is InChI=1S/C15H20ClNOS/c1-15(8-5-9-19-15)14(18)17-13(11-16)10-12-6-3-2-4-7-12/h2-4,6-7,13H,5,8-11H2,1H3,(H,17,18). The average Bonchev–Trinajstić information content (AvgIpc) is 2.87. The van der Waals surface area contributed by atoms with Gasteiger partial charge in [-0.25, -0.2) is 0 Å². The van der Waals surface area contributed by atoms with Crippen LogP contribution < -0.4 is 5.32 Å². The van der Waals surface area contributed by atoms with E-state index in [1.807, 2.05) is 25.1 Å². The SMILES string of the molecule is CC1(C(=O)NC(CCl)Cc2ccccc2)CCCS1. The molecule has 1 aromatic rings. The molecule has 0 aromatic heterocycles. The molecule has 2 rings (SSSR count). The van der Waals surface area contributed by atoms with E-state index in [-0.39, 0.29) is 16.7 Å². The molecule has 0 bridgehead atoms. The van der Waals surface area contributed by atoms with Crippen molar-refractivity contribution in [3.8, 4) is 0 Å². The van der Waals surface area contributed by atoms with Gasteiger partial charge in [0.25, 0.3) is 0 Å². The van der Waals surface area contributed by atoms with Crippen molar-refractivity contribution in [1.82, 2.24) is 5.32 Å². The van der Waals surface area contributed by atoms with Crippen LogP contribution in [0.3, 0.4) is 0 Å². The predicted octanol–water partition coefficient (Wildman–Crippen LogP) is 3.24. The quantitative estimate of drug-likeness (QED) is 0.846. The zero-order chi connectivity index (χ0) is 13.7. The van der Waals surface area contributed by atoms with E-state index in [0.29, 0.717) is 5.88 Å². The fourth-order valence-electron chi connectivity index (χ4n) is 2.34. The highest BCUT2D eigenvalue weighted by Gasteiger charge is 2.37. The molecular weight excluding hydrogens is 278 g/mol. The second-order valence-corrected chi connectivity index (χ2v) is 7.10. The molecule has 2 nitrogen and oxygen atoms in total. The van der Waals surface area contributed by atoms with E-state index in [4.69, 9.17) is 11.6 Å². The number of halogens is 1. The van der Waals surface area contributed by atoms with Crippen LogP contribution in [-0.4, -0.2) is 28.3 Å². The summed E-state index contributed by atoms with van der Waals surface area (Å²) in [6.45, 7) is 2.04. The third-order valence-electron chi connectivity index (χ3n) is 3.55. The maximum atomic E-state index is 12.3. The maximum Gasteiger partial charge on any atom is 0.236 e. The molecule has 1 amide bonds. The van der Waals surface area contributed by atoms with Crippen molar-refractivity contribution in [3.05, 3.63) is 35.9 Å². The van der Waals surface area contributed by atoms with Gasteiger partial charge >= 0.3 is 0 Å². The first kappa shape index (κ1) is 14.7. The molecule has 1 aromatic carbocycles. The van der Waals surface area contributed by atoms with Crippen molar-refractivity contribution in [2.24, 2.45) is 0 Å². The Balaban J connectivity index is 1.94. The fourth-order valence-corrected chi connectivity index (χ4v) is 3.74. The number of carbonyl (C=O) groups is 1. The lowest BCUT2D eigenvalue weighted by Crippen LogP contribution is -2.47. The lowest BCUT2D eigenvalue weighted by Gasteiger charge is -2.25. The summed E-state index contributed by atoms with van der Waals surface area (Å²) in [5.41, 5.74) is 1.21. The average molecular weight is 298 g/mol. The van der Waals surface area contributed by atoms with Gasteiger partial charge in [0.2, 0.25) is 5.91 Å². The smallest absolute Gasteiger partial charge is 0.236 e. The second kappa shape index (κ2) is 6.67. The Morgan fingerprint density at radius 1 is 1.47 bits per heavy atom. The summed E-state index contributed by atoms with van der Waals surface area (Å²) in [7, 11) is 0. The number of rotatable bonds is 5. The van der Waals surface area contributed by atoms with Gasteiger partial charge in [0.05, 0.1) is 4.75 Å². The number of hydrogen-bond donors (Lipinski definition) is 1. The van der Waals surface area contributed by atoms with Crippen LogP contribution in [0.5, 0.6) is 0 Å². The Hall–Kier alpha value is -0.670. The lowest BCUT2D eigenvalue weighted by molar-refractivity contribution is -0.123. The fraction of sp³-hybridized carbons (Fsp3) is 0.533. The Kier molecular flexibility index (Phi) is 5.17. The Labute approximate surface area is 124 Å². The molecule has 1 heterocycles. The number of alkyl halides is 1. The third-order valence-corrected chi connectivity index (χ3v) is 5.44. The topological polar surface area (TPSA) is 29.1 Å². The van der Waals surface area contributed by atoms with Gasteiger partial charge in [0.1, 0.15) is 0 Å². The molecule has 2 unspecified atom stereocenters. The van der Waals surface area contributed by atoms with Crippen LogP contribution in [0.1, 0.15) is 25.3 Å². The number of nitrogens with one attached hydrogen (secondary N) is 1. The second-order valence-electron chi connectivity index (χ2n) is 5.20. The molecule has 4 heteroatoms. The number of thioether (sulfide) groups is 1. The summed E-state index contributed by atoms with van der Waals surface area (Å²) in [6.07, 6.45) is 2.87. The van der Waals surface area contributed by atoms with Gasteiger partial charge < -0.3 is 5.32 Å². The Bertz CT molecular complexity index is 417. The van der Waals surface area contributed by atoms with Gasteiger partial charge in [-0.05, 0) is 37.5 Å². The molecule has 0 aliphatic carbocycles. The summed E-state index contributed by atoms with van der Waals surface area (Å²) in [5.74, 6) is 1.66. The van der Waals surface area contributed by atoms with Crippen LogP contribution in [0.2, 0.25) is 0 Å². The number of carbonyl (C=O) groups excluding carboxylic acids is 1. The Morgan fingerprint density at radius 2 is 2.21 bits per heavy atom. The highest BCUT2D eigenvalue weighted by atomic mass is 35.5. The van der Waals surface area contributed by atoms with Crippen LogP contribution in [0, 0.1) is 0 Å². The predicted molar refractivity (Wildman–Crippen MR) is 82.9 cm³/mol. The maximum absolute atomic E-state index is 12.3. The first-order valence-corrected chi connectivity index (χ1v) is 8.21. The minimum Gasteiger partial charge on any atom is -0.351 e. The van der Waals surface area contributed by atoms with Crippen molar-refractivity contribution in [3.63, 3.8) is 0 Å². The summed E-state index contributed by atoms with van der Waals surface area (Å²) in [6, 6.07) is 10.2. The minimum absolute atomic E-state index is 0.00888. The molecule has 1 aliphatic heterocycles. The van der Waals surface area contributed by atoms with Crippen molar-refractivity contribution >= 4 is 29.3 Å². The van der Waals surface area contributed by atoms with Crippen molar-refractivity contribution in [2.45, 2.75) is 37.0 Å². The largest absolute Gasteiger partial charge is 0.351 e. The first-order chi connectivity index (χ1) is 9.14. The van der Waals surface area contributed by atoms with Crippen molar-refractivity contribution in [2.75, 3.05) is 11.6 Å². The van der Waals surface area contributed by atoms with Gasteiger partial charge in [-0.3, -0.25) is 4.79 Å². The zero-order valence-electron chi connectivity index (χ0n) is 11.2. The van der Waals surface area contributed by atoms with E-state index in [2.05, 4.69) is 17.4 Å². The third kappa shape index (κ3) is 3.90. The summed E-state index contributed by atoms with van der Waals surface area (Å²) in [4.78, 5) is 12.3. The molecule has 1 saturated heterocycles. The molecule has 2 atom stereocenters. The first-order valence-electron chi connectivity index (χ1n) is 6.69. The van der Waals surface area contributed by atoms with Crippen LogP contribution in [-0.2, 0) is 11.2 Å². The number of hydrogen-bond acceptors (Lipinski definition) is 2. The van der Waals surface area contributed by atoms with E-state index in [1.165, 1.54) is 5.56 Å². The van der Waals surface area contributed by atoms with Gasteiger partial charge in [-0.1, -0.05) is 30.3 Å². The summed E-state index contributed by atoms with van der Waals surface area (Å²) < 4.78 is -0.263. The van der Waals surface area contributed by atoms with Crippen LogP contribution in [0.4, 0.5) is 0 Å². The molecule has 1 aliphatic rings. The number of amides is 1. The summed E-state index contributed by atoms with van der Waals surface area (Å²) >= 11 is 7.75. The summed E-state index contributed by atoms with van der Waals surface area (Å²) in [5, 5.41) is 3.11. The normalized spacial score (nSPS) is 24.1. The van der Waals surface area contributed by atoms with E-state index < -0.39 is 0 Å². The van der Waals surface area contributed by atoms with Gasteiger partial charge in [-0.2, -0.15) is 0 Å². The van der Waals surface area contributed by atoms with E-state index >= 15 is 0 Å². The van der Waals surface area contributed by atoms with Gasteiger partial charge in [0.15, 0.2) is 0 Å². The van der Waals surface area contributed by atoms with Crippen LogP contribution >= 0.6 is 23.4 Å². The molecule has 1 N–H and O–H groups in total. The molecule has 1 fully saturated rings. The highest BCUT2D eigenvalue weighted by Crippen LogP contribution is 2.37. The Morgan fingerprint density at radius 3 is 2.79 bits per heavy atom. The number of benzene rings is 1. The minimum atomic E-state index is -0.263. The van der Waals surface area contributed by atoms with Gasteiger partial charge in [-0.15, -0.1) is 23.4 Å². The molecule has 0 spiro atoms. The highest BCUT2D eigenvalue weighted by molar-refractivity contribution is 8.01. The van der Waals surface area contributed by atoms with Crippen LogP contribution in [0.15, 0.2) is 30.3 Å². The zero-order valence-corrected chi connectivity index (χ0v) is 12.8. The molecule has 0 radical (unpaired) electrons. The van der Waals surface area contributed by atoms with Crippen molar-refractivity contribution in [1.29, 1.82) is 0 Å². The van der Waals surface area contributed by atoms with Crippen LogP contribution in [0.25, 0.3) is 0 Å². The molecular formula is C15H20ClNOS. The molecule has 19 heavy (non-hydrogen) atoms. The van der Waals surface area contributed by atoms with E-state index in [0.717, 1.165) is 25.0 Å². The lowest BCUT2D eigenvalue weighted by atomic mass is 10.0. The monoisotopic (exact) mass is 297 g/mol. The van der Waals surface area contributed by atoms with E-state index in [9.17, 15) is 4.79 Å². The molecule has 0 saturated carbocycles.